The van der Waals surface area contributed by atoms with Gasteiger partial charge in [0, 0.05) is 13.3 Å². The van der Waals surface area contributed by atoms with Crippen LogP contribution in [0.2, 0.25) is 0 Å². The zero-order chi connectivity index (χ0) is 19.1. The van der Waals surface area contributed by atoms with Crippen LogP contribution in [0.15, 0.2) is 47.4 Å². The normalized spacial score (nSPS) is 15.8. The van der Waals surface area contributed by atoms with Crippen LogP contribution in [0, 0.1) is 0 Å². The molecule has 1 aromatic rings. The first kappa shape index (κ1) is 19.6. The number of nitrogens with zero attached hydrogens (tertiary/aromatic N) is 1. The lowest BCUT2D eigenvalue weighted by atomic mass is 10.0. The Morgan fingerprint density at radius 2 is 1.73 bits per heavy atom. The summed E-state index contributed by atoms with van der Waals surface area (Å²) in [6, 6.07) is 9.04. The van der Waals surface area contributed by atoms with Crippen molar-refractivity contribution in [3.8, 4) is 0 Å². The van der Waals surface area contributed by atoms with Gasteiger partial charge in [-0.15, -0.1) is 0 Å². The summed E-state index contributed by atoms with van der Waals surface area (Å²) in [6.07, 6.45) is 6.57. The number of aliphatic hydroxyl groups is 1. The van der Waals surface area contributed by atoms with Crippen molar-refractivity contribution in [1.82, 2.24) is 4.90 Å². The van der Waals surface area contributed by atoms with Gasteiger partial charge >= 0.3 is 0 Å². The summed E-state index contributed by atoms with van der Waals surface area (Å²) in [5, 5.41) is 10.5. The second-order valence-electron chi connectivity index (χ2n) is 6.41. The Bertz CT molecular complexity index is 747. The van der Waals surface area contributed by atoms with E-state index < -0.39 is 23.4 Å². The van der Waals surface area contributed by atoms with Gasteiger partial charge in [-0.3, -0.25) is 14.4 Å². The molecule has 1 heterocycles. The fourth-order valence-electron chi connectivity index (χ4n) is 2.97. The van der Waals surface area contributed by atoms with E-state index in [1.165, 1.54) is 13.0 Å². The predicted octanol–water partition coefficient (Wildman–Crippen LogP) is 4.16. The zero-order valence-corrected chi connectivity index (χ0v) is 15.3. The molecule has 0 spiro atoms. The van der Waals surface area contributed by atoms with E-state index in [2.05, 4.69) is 6.92 Å². The van der Waals surface area contributed by atoms with Gasteiger partial charge in [0.05, 0.1) is 5.70 Å². The van der Waals surface area contributed by atoms with Gasteiger partial charge in [-0.2, -0.15) is 0 Å². The van der Waals surface area contributed by atoms with E-state index >= 15 is 0 Å². The smallest absolute Gasteiger partial charge is 0.272 e. The van der Waals surface area contributed by atoms with Crippen molar-refractivity contribution in [2.75, 3.05) is 0 Å². The van der Waals surface area contributed by atoms with Gasteiger partial charge < -0.3 is 5.11 Å². The van der Waals surface area contributed by atoms with Gasteiger partial charge in [0.2, 0.25) is 5.91 Å². The first-order chi connectivity index (χ1) is 12.5. The molecule has 2 amide bonds. The number of unbranched alkanes of at least 4 members (excludes halogenated alkanes) is 4. The highest BCUT2D eigenvalue weighted by molar-refractivity contribution is 6.26. The Balaban J connectivity index is 2.24. The second kappa shape index (κ2) is 9.13. The molecule has 1 N–H and O–H groups in total. The van der Waals surface area contributed by atoms with E-state index in [4.69, 9.17) is 0 Å². The maximum Gasteiger partial charge on any atom is 0.272 e. The van der Waals surface area contributed by atoms with E-state index in [9.17, 15) is 19.5 Å². The van der Waals surface area contributed by atoms with Gasteiger partial charge in [-0.1, -0.05) is 62.9 Å². The molecule has 2 rings (SSSR count). The van der Waals surface area contributed by atoms with Crippen LogP contribution in [-0.2, 0) is 14.4 Å². The quantitative estimate of drug-likeness (QED) is 0.561. The Morgan fingerprint density at radius 1 is 1.08 bits per heavy atom. The number of imide groups is 1. The molecular formula is C21H25NO4. The molecule has 0 aliphatic carbocycles. The summed E-state index contributed by atoms with van der Waals surface area (Å²) in [5.41, 5.74) is 0.502. The van der Waals surface area contributed by atoms with Gasteiger partial charge in [-0.25, -0.2) is 4.90 Å². The highest BCUT2D eigenvalue weighted by atomic mass is 16.3. The summed E-state index contributed by atoms with van der Waals surface area (Å²) >= 11 is 0. The number of aliphatic hydroxyl groups excluding tert-OH is 1. The molecule has 1 aliphatic rings. The van der Waals surface area contributed by atoms with Crippen molar-refractivity contribution in [3.63, 3.8) is 0 Å². The highest BCUT2D eigenvalue weighted by Gasteiger charge is 2.40. The van der Waals surface area contributed by atoms with E-state index in [-0.39, 0.29) is 17.7 Å². The second-order valence-corrected chi connectivity index (χ2v) is 6.41. The minimum absolute atomic E-state index is 0.0584. The molecule has 1 aromatic carbocycles. The lowest BCUT2D eigenvalue weighted by Crippen LogP contribution is -2.31. The molecule has 138 valence electrons. The van der Waals surface area contributed by atoms with Crippen LogP contribution in [-0.4, -0.2) is 27.6 Å². The van der Waals surface area contributed by atoms with E-state index in [1.54, 1.807) is 12.1 Å². The average Bonchev–Trinajstić information content (AvgIpc) is 2.86. The van der Waals surface area contributed by atoms with Crippen LogP contribution in [0.3, 0.4) is 0 Å². The van der Waals surface area contributed by atoms with Crippen molar-refractivity contribution >= 4 is 23.7 Å². The summed E-state index contributed by atoms with van der Waals surface area (Å²) in [6.45, 7) is 3.35. The molecule has 0 atom stereocenters. The average molecular weight is 355 g/mol. The Labute approximate surface area is 154 Å². The standard InChI is InChI=1S/C21H25NO4/c1-3-4-5-6-10-13-18(24)19-20(25)17(22(15(2)23)21(19)26)14-16-11-8-7-9-12-16/h7-9,11-12,14,25H,3-6,10,13H2,1-2H3/b17-14-. The highest BCUT2D eigenvalue weighted by Crippen LogP contribution is 2.31. The summed E-state index contributed by atoms with van der Waals surface area (Å²) < 4.78 is 0. The zero-order valence-electron chi connectivity index (χ0n) is 15.3. The number of hydrogen-bond acceptors (Lipinski definition) is 4. The summed E-state index contributed by atoms with van der Waals surface area (Å²) in [5.74, 6) is -2.09. The predicted molar refractivity (Wildman–Crippen MR) is 100.0 cm³/mol. The van der Waals surface area contributed by atoms with E-state index in [1.807, 2.05) is 18.2 Å². The molecule has 0 saturated heterocycles. The minimum atomic E-state index is -0.740. The van der Waals surface area contributed by atoms with Crippen LogP contribution in [0.25, 0.3) is 6.08 Å². The van der Waals surface area contributed by atoms with Gasteiger partial charge in [0.1, 0.15) is 5.57 Å². The maximum atomic E-state index is 12.6. The number of benzene rings is 1. The van der Waals surface area contributed by atoms with Crippen molar-refractivity contribution in [2.24, 2.45) is 0 Å². The van der Waals surface area contributed by atoms with Crippen LogP contribution in [0.4, 0.5) is 0 Å². The topological polar surface area (TPSA) is 74.7 Å². The Kier molecular flexibility index (Phi) is 6.89. The molecule has 0 saturated carbocycles. The Hall–Kier alpha value is -2.69. The number of carbonyl (C=O) groups excluding carboxylic acids is 3. The SMILES string of the molecule is CCCCCCCC(=O)C1=C(O)/C(=C/c2ccccc2)N(C(C)=O)C1=O. The van der Waals surface area contributed by atoms with Crippen molar-refractivity contribution in [1.29, 1.82) is 0 Å². The van der Waals surface area contributed by atoms with Crippen molar-refractivity contribution < 1.29 is 19.5 Å². The molecule has 0 unspecified atom stereocenters. The molecule has 1 aliphatic heterocycles. The van der Waals surface area contributed by atoms with Crippen molar-refractivity contribution in [2.45, 2.75) is 52.4 Å². The van der Waals surface area contributed by atoms with Crippen LogP contribution in [0.5, 0.6) is 0 Å². The summed E-state index contributed by atoms with van der Waals surface area (Å²) in [4.78, 5) is 37.8. The van der Waals surface area contributed by atoms with Gasteiger partial charge in [-0.05, 0) is 18.1 Å². The number of amides is 2. The number of carbonyl (C=O) groups is 3. The molecule has 0 aromatic heterocycles. The van der Waals surface area contributed by atoms with Crippen LogP contribution >= 0.6 is 0 Å². The monoisotopic (exact) mass is 355 g/mol. The third-order valence-electron chi connectivity index (χ3n) is 4.34. The molecule has 5 nitrogen and oxygen atoms in total. The number of ketones is 1. The first-order valence-corrected chi connectivity index (χ1v) is 9.06. The molecule has 0 bridgehead atoms. The lowest BCUT2D eigenvalue weighted by Gasteiger charge is -2.14. The molecule has 0 fully saturated rings. The van der Waals surface area contributed by atoms with E-state index in [0.29, 0.717) is 6.42 Å². The number of rotatable bonds is 8. The van der Waals surface area contributed by atoms with Crippen LogP contribution < -0.4 is 0 Å². The third kappa shape index (κ3) is 4.48. The third-order valence-corrected chi connectivity index (χ3v) is 4.34. The fraction of sp³-hybridized carbons (Fsp3) is 0.381. The number of hydrogen-bond donors (Lipinski definition) is 1. The Morgan fingerprint density at radius 3 is 2.35 bits per heavy atom. The van der Waals surface area contributed by atoms with Gasteiger partial charge in [0.25, 0.3) is 5.91 Å². The van der Waals surface area contributed by atoms with Gasteiger partial charge in [0.15, 0.2) is 11.5 Å². The molecular weight excluding hydrogens is 330 g/mol. The van der Waals surface area contributed by atoms with Crippen LogP contribution in [0.1, 0.15) is 57.9 Å². The molecule has 0 radical (unpaired) electrons. The molecule has 5 heteroatoms. The minimum Gasteiger partial charge on any atom is -0.505 e. The number of Topliss-reactive ketones (excluding diaryl/α,β-unsaturated/α-hetero) is 1. The lowest BCUT2D eigenvalue weighted by molar-refractivity contribution is -0.138. The fourth-order valence-corrected chi connectivity index (χ4v) is 2.97. The summed E-state index contributed by atoms with van der Waals surface area (Å²) in [7, 11) is 0. The van der Waals surface area contributed by atoms with Crippen molar-refractivity contribution in [3.05, 3.63) is 52.9 Å². The molecule has 26 heavy (non-hydrogen) atoms. The van der Waals surface area contributed by atoms with E-state index in [0.717, 1.165) is 36.1 Å². The largest absolute Gasteiger partial charge is 0.505 e. The maximum absolute atomic E-state index is 12.6. The first-order valence-electron chi connectivity index (χ1n) is 9.06.